The van der Waals surface area contributed by atoms with Gasteiger partial charge < -0.3 is 14.7 Å². The number of carbonyl (C=O) groups is 1. The Bertz CT molecular complexity index is 501. The largest absolute Gasteiger partial charge is 0.378 e. The average molecular weight is 303 g/mol. The van der Waals surface area contributed by atoms with Gasteiger partial charge >= 0.3 is 0 Å². The SMILES string of the molecule is C[C@H]1CCCN1C(=O)CCN(C)Cc1cccc(N(C)C)c1. The number of rotatable bonds is 6. The van der Waals surface area contributed by atoms with Crippen molar-refractivity contribution in [2.45, 2.75) is 38.8 Å². The van der Waals surface area contributed by atoms with Gasteiger partial charge in [0.15, 0.2) is 0 Å². The Morgan fingerprint density at radius 1 is 1.32 bits per heavy atom. The molecule has 1 aromatic rings. The maximum absolute atomic E-state index is 12.2. The highest BCUT2D eigenvalue weighted by Crippen LogP contribution is 2.18. The van der Waals surface area contributed by atoms with Crippen LogP contribution in [0.1, 0.15) is 31.7 Å². The molecule has 1 aliphatic heterocycles. The molecule has 1 atom stereocenters. The molecule has 0 radical (unpaired) electrons. The normalized spacial score (nSPS) is 18.0. The van der Waals surface area contributed by atoms with E-state index in [9.17, 15) is 4.79 Å². The number of amides is 1. The second-order valence-corrected chi connectivity index (χ2v) is 6.63. The predicted molar refractivity (Wildman–Crippen MR) is 92.1 cm³/mol. The maximum Gasteiger partial charge on any atom is 0.224 e. The number of hydrogen-bond acceptors (Lipinski definition) is 3. The van der Waals surface area contributed by atoms with Crippen molar-refractivity contribution in [3.8, 4) is 0 Å². The van der Waals surface area contributed by atoms with Crippen molar-refractivity contribution in [3.05, 3.63) is 29.8 Å². The predicted octanol–water partition coefficient (Wildman–Crippen LogP) is 2.59. The maximum atomic E-state index is 12.2. The van der Waals surface area contributed by atoms with E-state index in [-0.39, 0.29) is 0 Å². The van der Waals surface area contributed by atoms with Crippen molar-refractivity contribution in [2.24, 2.45) is 0 Å². The minimum Gasteiger partial charge on any atom is -0.378 e. The molecular formula is C18H29N3O. The molecule has 0 saturated carbocycles. The Balaban J connectivity index is 1.81. The first-order valence-electron chi connectivity index (χ1n) is 8.21. The van der Waals surface area contributed by atoms with Crippen molar-refractivity contribution in [1.82, 2.24) is 9.80 Å². The summed E-state index contributed by atoms with van der Waals surface area (Å²) < 4.78 is 0. The molecule has 0 N–H and O–H groups in total. The van der Waals surface area contributed by atoms with E-state index in [1.54, 1.807) is 0 Å². The molecule has 4 nitrogen and oxygen atoms in total. The third kappa shape index (κ3) is 4.47. The summed E-state index contributed by atoms with van der Waals surface area (Å²) in [6.45, 7) is 4.79. The van der Waals surface area contributed by atoms with Crippen LogP contribution in [0.5, 0.6) is 0 Å². The summed E-state index contributed by atoms with van der Waals surface area (Å²) in [6.07, 6.45) is 2.92. The number of likely N-dealkylation sites (tertiary alicyclic amines) is 1. The van der Waals surface area contributed by atoms with Gasteiger partial charge in [-0.2, -0.15) is 0 Å². The zero-order chi connectivity index (χ0) is 16.1. The molecule has 0 bridgehead atoms. The first kappa shape index (κ1) is 16.8. The van der Waals surface area contributed by atoms with Gasteiger partial charge in [-0.05, 0) is 44.5 Å². The molecule has 1 heterocycles. The monoisotopic (exact) mass is 303 g/mol. The Kier molecular flexibility index (Phi) is 5.83. The van der Waals surface area contributed by atoms with E-state index in [1.807, 2.05) is 4.90 Å². The lowest BCUT2D eigenvalue weighted by atomic mass is 10.2. The summed E-state index contributed by atoms with van der Waals surface area (Å²) in [6, 6.07) is 8.99. The fourth-order valence-corrected chi connectivity index (χ4v) is 3.06. The van der Waals surface area contributed by atoms with Crippen LogP contribution in [0, 0.1) is 0 Å². The highest BCUT2D eigenvalue weighted by molar-refractivity contribution is 5.77. The highest BCUT2D eigenvalue weighted by atomic mass is 16.2. The molecule has 0 unspecified atom stereocenters. The summed E-state index contributed by atoms with van der Waals surface area (Å²) >= 11 is 0. The molecule has 0 aliphatic carbocycles. The summed E-state index contributed by atoms with van der Waals surface area (Å²) in [4.78, 5) is 18.6. The van der Waals surface area contributed by atoms with Crippen molar-refractivity contribution in [1.29, 1.82) is 0 Å². The summed E-state index contributed by atoms with van der Waals surface area (Å²) in [5.41, 5.74) is 2.50. The number of carbonyl (C=O) groups excluding carboxylic acids is 1. The second kappa shape index (κ2) is 7.63. The molecule has 0 spiro atoms. The van der Waals surface area contributed by atoms with Crippen molar-refractivity contribution < 1.29 is 4.79 Å². The molecular weight excluding hydrogens is 274 g/mol. The van der Waals surface area contributed by atoms with E-state index >= 15 is 0 Å². The van der Waals surface area contributed by atoms with Crippen LogP contribution in [0.25, 0.3) is 0 Å². The Morgan fingerprint density at radius 3 is 2.73 bits per heavy atom. The van der Waals surface area contributed by atoms with Gasteiger partial charge in [-0.25, -0.2) is 0 Å². The first-order chi connectivity index (χ1) is 10.5. The number of hydrogen-bond donors (Lipinski definition) is 0. The Morgan fingerprint density at radius 2 is 2.09 bits per heavy atom. The topological polar surface area (TPSA) is 26.8 Å². The lowest BCUT2D eigenvalue weighted by Gasteiger charge is -2.23. The van der Waals surface area contributed by atoms with Gasteiger partial charge in [0.25, 0.3) is 0 Å². The van der Waals surface area contributed by atoms with Gasteiger partial charge in [0.05, 0.1) is 0 Å². The van der Waals surface area contributed by atoms with Gasteiger partial charge in [0.1, 0.15) is 0 Å². The Labute approximate surface area is 134 Å². The van der Waals surface area contributed by atoms with Crippen LogP contribution in [-0.2, 0) is 11.3 Å². The zero-order valence-corrected chi connectivity index (χ0v) is 14.4. The molecule has 122 valence electrons. The first-order valence-corrected chi connectivity index (χ1v) is 8.21. The third-order valence-corrected chi connectivity index (χ3v) is 4.46. The number of nitrogens with zero attached hydrogens (tertiary/aromatic N) is 3. The second-order valence-electron chi connectivity index (χ2n) is 6.63. The van der Waals surface area contributed by atoms with Crippen LogP contribution in [0.4, 0.5) is 5.69 Å². The molecule has 2 rings (SSSR count). The van der Waals surface area contributed by atoms with E-state index in [1.165, 1.54) is 11.3 Å². The molecule has 1 aromatic carbocycles. The van der Waals surface area contributed by atoms with Crippen molar-refractivity contribution >= 4 is 11.6 Å². The molecule has 1 saturated heterocycles. The van der Waals surface area contributed by atoms with E-state index in [4.69, 9.17) is 0 Å². The van der Waals surface area contributed by atoms with E-state index < -0.39 is 0 Å². The molecule has 22 heavy (non-hydrogen) atoms. The van der Waals surface area contributed by atoms with Crippen LogP contribution < -0.4 is 4.90 Å². The summed E-state index contributed by atoms with van der Waals surface area (Å²) in [5.74, 6) is 0.305. The minimum atomic E-state index is 0.305. The third-order valence-electron chi connectivity index (χ3n) is 4.46. The van der Waals surface area contributed by atoms with Crippen LogP contribution in [0.3, 0.4) is 0 Å². The summed E-state index contributed by atoms with van der Waals surface area (Å²) in [7, 11) is 6.19. The van der Waals surface area contributed by atoms with Crippen molar-refractivity contribution in [2.75, 3.05) is 39.1 Å². The molecule has 0 aromatic heterocycles. The van der Waals surface area contributed by atoms with Gasteiger partial charge in [-0.15, -0.1) is 0 Å². The quantitative estimate of drug-likeness (QED) is 0.808. The lowest BCUT2D eigenvalue weighted by Crippen LogP contribution is -2.35. The molecule has 1 fully saturated rings. The average Bonchev–Trinajstić information content (AvgIpc) is 2.91. The fourth-order valence-electron chi connectivity index (χ4n) is 3.06. The smallest absolute Gasteiger partial charge is 0.224 e. The molecule has 1 amide bonds. The van der Waals surface area contributed by atoms with E-state index in [0.717, 1.165) is 32.5 Å². The van der Waals surface area contributed by atoms with Gasteiger partial charge in [0, 0.05) is 51.9 Å². The van der Waals surface area contributed by atoms with Gasteiger partial charge in [-0.3, -0.25) is 4.79 Å². The Hall–Kier alpha value is -1.55. The van der Waals surface area contributed by atoms with Gasteiger partial charge in [-0.1, -0.05) is 12.1 Å². The van der Waals surface area contributed by atoms with Crippen LogP contribution in [0.2, 0.25) is 0 Å². The van der Waals surface area contributed by atoms with E-state index in [0.29, 0.717) is 18.4 Å². The van der Waals surface area contributed by atoms with Gasteiger partial charge in [0.2, 0.25) is 5.91 Å². The molecule has 1 aliphatic rings. The standard InChI is InChI=1S/C18H29N3O/c1-15-7-6-11-21(15)18(22)10-12-20(4)14-16-8-5-9-17(13-16)19(2)3/h5,8-9,13,15H,6-7,10-12,14H2,1-4H3/t15-/m0/s1. The van der Waals surface area contributed by atoms with Crippen LogP contribution in [0.15, 0.2) is 24.3 Å². The lowest BCUT2D eigenvalue weighted by molar-refractivity contribution is -0.132. The summed E-state index contributed by atoms with van der Waals surface area (Å²) in [5, 5.41) is 0. The van der Waals surface area contributed by atoms with Crippen LogP contribution in [-0.4, -0.2) is 56.0 Å². The highest BCUT2D eigenvalue weighted by Gasteiger charge is 2.24. The number of anilines is 1. The molecule has 4 heteroatoms. The van der Waals surface area contributed by atoms with Crippen LogP contribution >= 0.6 is 0 Å². The fraction of sp³-hybridized carbons (Fsp3) is 0.611. The number of benzene rings is 1. The van der Waals surface area contributed by atoms with Crippen molar-refractivity contribution in [3.63, 3.8) is 0 Å². The minimum absolute atomic E-state index is 0.305. The zero-order valence-electron chi connectivity index (χ0n) is 14.4. The van der Waals surface area contributed by atoms with E-state index in [2.05, 4.69) is 62.1 Å².